The highest BCUT2D eigenvalue weighted by molar-refractivity contribution is 9.10. The van der Waals surface area contributed by atoms with Gasteiger partial charge in [0.05, 0.1) is 24.6 Å². The van der Waals surface area contributed by atoms with Gasteiger partial charge in [0.15, 0.2) is 0 Å². The molecule has 1 saturated heterocycles. The molecule has 1 unspecified atom stereocenters. The number of rotatable bonds is 8. The molecule has 2 aromatic rings. The van der Waals surface area contributed by atoms with Gasteiger partial charge in [-0.3, -0.25) is 4.79 Å². The Morgan fingerprint density at radius 2 is 2.03 bits per heavy atom. The van der Waals surface area contributed by atoms with Crippen molar-refractivity contribution in [2.45, 2.75) is 45.4 Å². The summed E-state index contributed by atoms with van der Waals surface area (Å²) in [5.41, 5.74) is 0.660. The number of anilines is 1. The summed E-state index contributed by atoms with van der Waals surface area (Å²) in [6.45, 7) is 5.32. The van der Waals surface area contributed by atoms with Gasteiger partial charge in [-0.2, -0.15) is 0 Å². The van der Waals surface area contributed by atoms with Gasteiger partial charge in [-0.05, 0) is 66.9 Å². The fourth-order valence-corrected chi connectivity index (χ4v) is 3.75. The van der Waals surface area contributed by atoms with Gasteiger partial charge >= 0.3 is 6.03 Å². The topological polar surface area (TPSA) is 75.0 Å². The Morgan fingerprint density at radius 1 is 1.23 bits per heavy atom. The molecule has 0 spiro atoms. The number of para-hydroxylation sites is 1. The van der Waals surface area contributed by atoms with Crippen LogP contribution in [-0.2, 0) is 16.1 Å². The van der Waals surface area contributed by atoms with Gasteiger partial charge in [-0.25, -0.2) is 4.79 Å². The molecule has 0 radical (unpaired) electrons. The Morgan fingerprint density at radius 3 is 2.67 bits per heavy atom. The van der Waals surface area contributed by atoms with Crippen molar-refractivity contribution in [1.29, 1.82) is 0 Å². The van der Waals surface area contributed by atoms with Crippen molar-refractivity contribution in [3.8, 4) is 0 Å². The summed E-state index contributed by atoms with van der Waals surface area (Å²) in [5, 5.41) is 2.88. The molecule has 162 valence electrons. The van der Waals surface area contributed by atoms with Crippen LogP contribution in [0.4, 0.5) is 10.5 Å². The second-order valence-corrected chi connectivity index (χ2v) is 8.47. The van der Waals surface area contributed by atoms with E-state index in [1.807, 2.05) is 44.2 Å². The average molecular weight is 478 g/mol. The first-order chi connectivity index (χ1) is 14.4. The van der Waals surface area contributed by atoms with Crippen LogP contribution in [0.2, 0.25) is 0 Å². The van der Waals surface area contributed by atoms with Gasteiger partial charge in [0.2, 0.25) is 5.91 Å². The van der Waals surface area contributed by atoms with Crippen molar-refractivity contribution in [3.05, 3.63) is 52.9 Å². The molecule has 2 heterocycles. The summed E-state index contributed by atoms with van der Waals surface area (Å²) >= 11 is 3.43. The minimum absolute atomic E-state index is 0.0190. The predicted molar refractivity (Wildman–Crippen MR) is 118 cm³/mol. The van der Waals surface area contributed by atoms with E-state index in [9.17, 15) is 9.59 Å². The fraction of sp³-hybridized carbons (Fsp3) is 0.455. The number of ether oxygens (including phenoxy) is 1. The van der Waals surface area contributed by atoms with Gasteiger partial charge in [0.25, 0.3) is 0 Å². The number of nitrogens with zero attached hydrogens (tertiary/aromatic N) is 2. The number of benzene rings is 1. The first-order valence-electron chi connectivity index (χ1n) is 10.2. The number of furan rings is 1. The molecule has 0 bridgehead atoms. The molecular weight excluding hydrogens is 450 g/mol. The number of nitrogens with one attached hydrogen (secondary N) is 1. The lowest BCUT2D eigenvalue weighted by molar-refractivity contribution is -0.134. The molecule has 1 aromatic carbocycles. The largest absolute Gasteiger partial charge is 0.467 e. The van der Waals surface area contributed by atoms with Crippen molar-refractivity contribution < 1.29 is 18.7 Å². The van der Waals surface area contributed by atoms with Crippen molar-refractivity contribution in [1.82, 2.24) is 9.80 Å². The van der Waals surface area contributed by atoms with Crippen molar-refractivity contribution in [2.75, 3.05) is 25.0 Å². The normalized spacial score (nSPS) is 15.9. The second-order valence-electron chi connectivity index (χ2n) is 7.62. The smallest absolute Gasteiger partial charge is 0.322 e. The predicted octanol–water partition coefficient (Wildman–Crippen LogP) is 4.49. The highest BCUT2D eigenvalue weighted by atomic mass is 79.9. The molecule has 1 aliphatic rings. The third-order valence-electron chi connectivity index (χ3n) is 5.03. The summed E-state index contributed by atoms with van der Waals surface area (Å²) in [6, 6.07) is 10.6. The lowest BCUT2D eigenvalue weighted by Crippen LogP contribution is -2.48. The SMILES string of the molecule is CC(C)N(CC(=O)N(Cc1ccco1)CC1CCCO1)C(=O)Nc1ccccc1Br. The maximum Gasteiger partial charge on any atom is 0.322 e. The summed E-state index contributed by atoms with van der Waals surface area (Å²) < 4.78 is 11.9. The monoisotopic (exact) mass is 477 g/mol. The number of hydrogen-bond donors (Lipinski definition) is 1. The fourth-order valence-electron chi connectivity index (χ4n) is 3.36. The van der Waals surface area contributed by atoms with Crippen LogP contribution in [0.15, 0.2) is 51.6 Å². The van der Waals surface area contributed by atoms with Gasteiger partial charge in [0.1, 0.15) is 12.3 Å². The number of carbonyl (C=O) groups excluding carboxylic acids is 2. The molecule has 3 amide bonds. The zero-order valence-electron chi connectivity index (χ0n) is 17.3. The highest BCUT2D eigenvalue weighted by Crippen LogP contribution is 2.22. The number of hydrogen-bond acceptors (Lipinski definition) is 4. The zero-order chi connectivity index (χ0) is 21.5. The number of amides is 3. The van der Waals surface area contributed by atoms with E-state index in [1.54, 1.807) is 17.2 Å². The van der Waals surface area contributed by atoms with Crippen LogP contribution in [0.5, 0.6) is 0 Å². The van der Waals surface area contributed by atoms with Crippen LogP contribution in [0.25, 0.3) is 0 Å². The van der Waals surface area contributed by atoms with Gasteiger partial charge in [-0.1, -0.05) is 12.1 Å². The summed E-state index contributed by atoms with van der Waals surface area (Å²) in [4.78, 5) is 29.4. The molecule has 1 aliphatic heterocycles. The maximum atomic E-state index is 13.2. The molecule has 3 rings (SSSR count). The van der Waals surface area contributed by atoms with E-state index in [4.69, 9.17) is 9.15 Å². The van der Waals surface area contributed by atoms with Crippen molar-refractivity contribution in [3.63, 3.8) is 0 Å². The Bertz CT molecular complexity index is 835. The number of halogens is 1. The number of urea groups is 1. The Hall–Kier alpha value is -2.32. The lowest BCUT2D eigenvalue weighted by Gasteiger charge is -2.31. The summed E-state index contributed by atoms with van der Waals surface area (Å²) in [7, 11) is 0. The van der Waals surface area contributed by atoms with E-state index in [1.165, 1.54) is 4.90 Å². The quantitative estimate of drug-likeness (QED) is 0.607. The molecular formula is C22H28BrN3O4. The van der Waals surface area contributed by atoms with Crippen molar-refractivity contribution in [2.24, 2.45) is 0 Å². The molecule has 1 fully saturated rings. The Balaban J connectivity index is 1.69. The van der Waals surface area contributed by atoms with E-state index >= 15 is 0 Å². The molecule has 8 heteroatoms. The molecule has 30 heavy (non-hydrogen) atoms. The summed E-state index contributed by atoms with van der Waals surface area (Å²) in [6.07, 6.45) is 3.54. The molecule has 1 N–H and O–H groups in total. The third kappa shape index (κ3) is 6.09. The van der Waals surface area contributed by atoms with E-state index in [0.717, 1.165) is 23.9 Å². The maximum absolute atomic E-state index is 13.2. The molecule has 1 aromatic heterocycles. The third-order valence-corrected chi connectivity index (χ3v) is 5.72. The average Bonchev–Trinajstić information content (AvgIpc) is 3.41. The Kier molecular flexibility index (Phi) is 7.93. The van der Waals surface area contributed by atoms with E-state index < -0.39 is 0 Å². The second kappa shape index (κ2) is 10.6. The summed E-state index contributed by atoms with van der Waals surface area (Å²) in [5.74, 6) is 0.563. The van der Waals surface area contributed by atoms with Gasteiger partial charge in [-0.15, -0.1) is 0 Å². The van der Waals surface area contributed by atoms with Gasteiger partial charge in [0, 0.05) is 23.7 Å². The first-order valence-corrected chi connectivity index (χ1v) is 11.0. The zero-order valence-corrected chi connectivity index (χ0v) is 18.9. The Labute approximate surface area is 185 Å². The van der Waals surface area contributed by atoms with E-state index in [0.29, 0.717) is 24.5 Å². The van der Waals surface area contributed by atoms with E-state index in [2.05, 4.69) is 21.2 Å². The highest BCUT2D eigenvalue weighted by Gasteiger charge is 2.27. The number of carbonyl (C=O) groups is 2. The van der Waals surface area contributed by atoms with Crippen LogP contribution in [0, 0.1) is 0 Å². The van der Waals surface area contributed by atoms with Crippen LogP contribution in [0.3, 0.4) is 0 Å². The lowest BCUT2D eigenvalue weighted by atomic mass is 10.2. The standard InChI is InChI=1S/C22H28BrN3O4/c1-16(2)26(22(28)24-20-10-4-3-9-19(20)23)15-21(27)25(13-17-7-5-11-29-17)14-18-8-6-12-30-18/h3-5,7,9-11,16,18H,6,8,12-15H2,1-2H3,(H,24,28). The van der Waals surface area contributed by atoms with Crippen LogP contribution in [0.1, 0.15) is 32.4 Å². The van der Waals surface area contributed by atoms with E-state index in [-0.39, 0.29) is 30.6 Å². The van der Waals surface area contributed by atoms with Crippen molar-refractivity contribution >= 4 is 33.6 Å². The van der Waals surface area contributed by atoms with Gasteiger partial charge < -0.3 is 24.3 Å². The minimum Gasteiger partial charge on any atom is -0.467 e. The minimum atomic E-state index is -0.319. The molecule has 0 saturated carbocycles. The van der Waals surface area contributed by atoms with Crippen LogP contribution >= 0.6 is 15.9 Å². The first kappa shape index (κ1) is 22.4. The van der Waals surface area contributed by atoms with Crippen LogP contribution in [-0.4, -0.2) is 53.6 Å². The molecule has 7 nitrogen and oxygen atoms in total. The van der Waals surface area contributed by atoms with Crippen LogP contribution < -0.4 is 5.32 Å². The molecule has 0 aliphatic carbocycles. The molecule has 1 atom stereocenters.